The van der Waals surface area contributed by atoms with Crippen LogP contribution in [0.5, 0.6) is 0 Å². The van der Waals surface area contributed by atoms with Crippen molar-refractivity contribution in [3.8, 4) is 0 Å². The number of thioether (sulfide) groups is 1. The molecule has 0 aromatic heterocycles. The minimum atomic E-state index is 0. The molecule has 1 aliphatic heterocycles. The van der Waals surface area contributed by atoms with Crippen molar-refractivity contribution in [1.82, 2.24) is 10.2 Å². The standard InChI is InChI=1S/C16H23ClN2OS.ClH/c1-18-12-13-6-9-19(10-7-13)16(20)8-11-21-15-4-2-14(17)3-5-15;/h2-5,13,18H,6-12H2,1H3;1H. The van der Waals surface area contributed by atoms with E-state index in [2.05, 4.69) is 5.32 Å². The molecule has 1 fully saturated rings. The average molecular weight is 363 g/mol. The Balaban J connectivity index is 0.00000242. The van der Waals surface area contributed by atoms with Crippen LogP contribution in [0.4, 0.5) is 0 Å². The Kier molecular flexibility index (Phi) is 9.25. The zero-order valence-corrected chi connectivity index (χ0v) is 15.3. The van der Waals surface area contributed by atoms with E-state index in [0.717, 1.165) is 49.2 Å². The predicted octanol–water partition coefficient (Wildman–Crippen LogP) is 3.70. The molecule has 124 valence electrons. The van der Waals surface area contributed by atoms with Crippen molar-refractivity contribution in [2.45, 2.75) is 24.2 Å². The number of nitrogens with zero attached hydrogens (tertiary/aromatic N) is 1. The highest BCUT2D eigenvalue weighted by Gasteiger charge is 2.21. The van der Waals surface area contributed by atoms with Gasteiger partial charge < -0.3 is 10.2 Å². The molecule has 1 amide bonds. The number of amides is 1. The average Bonchev–Trinajstić information content (AvgIpc) is 2.50. The van der Waals surface area contributed by atoms with E-state index in [4.69, 9.17) is 11.6 Å². The number of carbonyl (C=O) groups is 1. The lowest BCUT2D eigenvalue weighted by atomic mass is 9.97. The molecule has 1 heterocycles. The van der Waals surface area contributed by atoms with Gasteiger partial charge in [0.2, 0.25) is 5.91 Å². The first-order valence-corrected chi connectivity index (χ1v) is 8.86. The second-order valence-electron chi connectivity index (χ2n) is 5.43. The van der Waals surface area contributed by atoms with Gasteiger partial charge in [-0.3, -0.25) is 4.79 Å². The van der Waals surface area contributed by atoms with Crippen LogP contribution in [0.2, 0.25) is 5.02 Å². The third-order valence-corrected chi connectivity index (χ3v) is 5.12. The third kappa shape index (κ3) is 6.37. The van der Waals surface area contributed by atoms with E-state index < -0.39 is 0 Å². The monoisotopic (exact) mass is 362 g/mol. The molecule has 0 spiro atoms. The van der Waals surface area contributed by atoms with E-state index in [1.54, 1.807) is 11.8 Å². The van der Waals surface area contributed by atoms with Crippen LogP contribution in [0.3, 0.4) is 0 Å². The summed E-state index contributed by atoms with van der Waals surface area (Å²) < 4.78 is 0. The van der Waals surface area contributed by atoms with E-state index in [0.29, 0.717) is 12.3 Å². The molecular formula is C16H24Cl2N2OS. The lowest BCUT2D eigenvalue weighted by molar-refractivity contribution is -0.132. The minimum absolute atomic E-state index is 0. The van der Waals surface area contributed by atoms with Gasteiger partial charge in [0.15, 0.2) is 0 Å². The first kappa shape index (κ1) is 19.6. The third-order valence-electron chi connectivity index (χ3n) is 3.86. The van der Waals surface area contributed by atoms with Gasteiger partial charge in [-0.15, -0.1) is 24.2 Å². The summed E-state index contributed by atoms with van der Waals surface area (Å²) in [7, 11) is 1.99. The molecule has 22 heavy (non-hydrogen) atoms. The number of benzene rings is 1. The smallest absolute Gasteiger partial charge is 0.223 e. The fourth-order valence-corrected chi connectivity index (χ4v) is 3.59. The molecule has 0 bridgehead atoms. The molecule has 0 aliphatic carbocycles. The van der Waals surface area contributed by atoms with Crippen LogP contribution >= 0.6 is 35.8 Å². The summed E-state index contributed by atoms with van der Waals surface area (Å²) in [6.07, 6.45) is 2.86. The van der Waals surface area contributed by atoms with Crippen molar-refractivity contribution >= 4 is 41.7 Å². The Morgan fingerprint density at radius 3 is 2.55 bits per heavy atom. The van der Waals surface area contributed by atoms with Crippen molar-refractivity contribution in [3.05, 3.63) is 29.3 Å². The van der Waals surface area contributed by atoms with Crippen LogP contribution in [-0.4, -0.2) is 43.2 Å². The van der Waals surface area contributed by atoms with Gasteiger partial charge >= 0.3 is 0 Å². The van der Waals surface area contributed by atoms with Crippen LogP contribution in [0.15, 0.2) is 29.2 Å². The highest BCUT2D eigenvalue weighted by molar-refractivity contribution is 7.99. The maximum absolute atomic E-state index is 12.2. The van der Waals surface area contributed by atoms with Crippen molar-refractivity contribution in [1.29, 1.82) is 0 Å². The molecule has 0 unspecified atom stereocenters. The van der Waals surface area contributed by atoms with E-state index >= 15 is 0 Å². The number of carbonyl (C=O) groups excluding carboxylic acids is 1. The van der Waals surface area contributed by atoms with Crippen molar-refractivity contribution in [2.75, 3.05) is 32.4 Å². The van der Waals surface area contributed by atoms with Crippen LogP contribution in [-0.2, 0) is 4.79 Å². The molecule has 3 nitrogen and oxygen atoms in total. The summed E-state index contributed by atoms with van der Waals surface area (Å²) in [6, 6.07) is 7.78. The van der Waals surface area contributed by atoms with Gasteiger partial charge in [0, 0.05) is 35.2 Å². The quantitative estimate of drug-likeness (QED) is 0.783. The Hall–Kier alpha value is -0.420. The van der Waals surface area contributed by atoms with Gasteiger partial charge in [-0.1, -0.05) is 11.6 Å². The number of hydrogen-bond donors (Lipinski definition) is 1. The van der Waals surface area contributed by atoms with E-state index in [9.17, 15) is 4.79 Å². The lowest BCUT2D eigenvalue weighted by Gasteiger charge is -2.32. The van der Waals surface area contributed by atoms with Crippen molar-refractivity contribution < 1.29 is 4.79 Å². The molecular weight excluding hydrogens is 339 g/mol. The lowest BCUT2D eigenvalue weighted by Crippen LogP contribution is -2.40. The molecule has 1 aliphatic rings. The molecule has 0 atom stereocenters. The SMILES string of the molecule is CNCC1CCN(C(=O)CCSc2ccc(Cl)cc2)CC1.Cl. The zero-order chi connectivity index (χ0) is 15.1. The summed E-state index contributed by atoms with van der Waals surface area (Å²) in [4.78, 5) is 15.4. The Bertz CT molecular complexity index is 448. The highest BCUT2D eigenvalue weighted by atomic mass is 35.5. The van der Waals surface area contributed by atoms with Crippen molar-refractivity contribution in [3.63, 3.8) is 0 Å². The van der Waals surface area contributed by atoms with Gasteiger partial charge in [-0.05, 0) is 56.6 Å². The van der Waals surface area contributed by atoms with Crippen molar-refractivity contribution in [2.24, 2.45) is 5.92 Å². The van der Waals surface area contributed by atoms with Crippen LogP contribution in [0.1, 0.15) is 19.3 Å². The van der Waals surface area contributed by atoms with E-state index in [1.807, 2.05) is 36.2 Å². The minimum Gasteiger partial charge on any atom is -0.343 e. The molecule has 6 heteroatoms. The molecule has 2 rings (SSSR count). The second kappa shape index (κ2) is 10.4. The summed E-state index contributed by atoms with van der Waals surface area (Å²) in [5.41, 5.74) is 0. The fraction of sp³-hybridized carbons (Fsp3) is 0.562. The Morgan fingerprint density at radius 2 is 1.95 bits per heavy atom. The summed E-state index contributed by atoms with van der Waals surface area (Å²) in [5.74, 6) is 1.85. The summed E-state index contributed by atoms with van der Waals surface area (Å²) in [5, 5.41) is 3.97. The fourth-order valence-electron chi connectivity index (χ4n) is 2.62. The van der Waals surface area contributed by atoms with Gasteiger partial charge in [-0.2, -0.15) is 0 Å². The Morgan fingerprint density at radius 1 is 1.32 bits per heavy atom. The molecule has 0 saturated carbocycles. The molecule has 1 aromatic carbocycles. The number of nitrogens with one attached hydrogen (secondary N) is 1. The van der Waals surface area contributed by atoms with E-state index in [-0.39, 0.29) is 12.4 Å². The van der Waals surface area contributed by atoms with Gasteiger partial charge in [0.25, 0.3) is 0 Å². The Labute approximate surface area is 148 Å². The molecule has 1 saturated heterocycles. The highest BCUT2D eigenvalue weighted by Crippen LogP contribution is 2.22. The van der Waals surface area contributed by atoms with Gasteiger partial charge in [-0.25, -0.2) is 0 Å². The first-order chi connectivity index (χ1) is 10.2. The normalized spacial score (nSPS) is 15.5. The van der Waals surface area contributed by atoms with Gasteiger partial charge in [0.1, 0.15) is 0 Å². The molecule has 1 N–H and O–H groups in total. The second-order valence-corrected chi connectivity index (χ2v) is 7.04. The maximum atomic E-state index is 12.2. The zero-order valence-electron chi connectivity index (χ0n) is 12.9. The topological polar surface area (TPSA) is 32.3 Å². The number of piperidine rings is 1. The maximum Gasteiger partial charge on any atom is 0.223 e. The number of rotatable bonds is 6. The number of hydrogen-bond acceptors (Lipinski definition) is 3. The number of halogens is 2. The molecule has 0 radical (unpaired) electrons. The first-order valence-electron chi connectivity index (χ1n) is 7.50. The van der Waals surface area contributed by atoms with E-state index in [1.165, 1.54) is 4.90 Å². The van der Waals surface area contributed by atoms with Gasteiger partial charge in [0.05, 0.1) is 0 Å². The van der Waals surface area contributed by atoms with Crippen LogP contribution in [0, 0.1) is 5.92 Å². The summed E-state index contributed by atoms with van der Waals surface area (Å²) in [6.45, 7) is 2.89. The predicted molar refractivity (Wildman–Crippen MR) is 97.3 cm³/mol. The number of likely N-dealkylation sites (tertiary alicyclic amines) is 1. The summed E-state index contributed by atoms with van der Waals surface area (Å²) >= 11 is 7.57. The molecule has 1 aromatic rings. The largest absolute Gasteiger partial charge is 0.343 e. The van der Waals surface area contributed by atoms with Crippen LogP contribution in [0.25, 0.3) is 0 Å². The van der Waals surface area contributed by atoms with Crippen LogP contribution < -0.4 is 5.32 Å².